The molecule has 1 atom stereocenters. The molecule has 0 saturated carbocycles. The van der Waals surface area contributed by atoms with E-state index in [0.29, 0.717) is 16.3 Å². The minimum Gasteiger partial charge on any atom is -0.497 e. The van der Waals surface area contributed by atoms with Crippen LogP contribution in [0.1, 0.15) is 16.5 Å². The molecule has 0 aliphatic heterocycles. The minimum atomic E-state index is -0.610. The van der Waals surface area contributed by atoms with Gasteiger partial charge in [0.15, 0.2) is 0 Å². The zero-order valence-electron chi connectivity index (χ0n) is 9.96. The molecule has 0 bridgehead atoms. The van der Waals surface area contributed by atoms with Crippen LogP contribution in [0.15, 0.2) is 40.9 Å². The maximum atomic E-state index is 14.0. The molecule has 0 aliphatic carbocycles. The van der Waals surface area contributed by atoms with Crippen LogP contribution in [0.5, 0.6) is 5.75 Å². The highest BCUT2D eigenvalue weighted by Crippen LogP contribution is 2.34. The van der Waals surface area contributed by atoms with Gasteiger partial charge >= 0.3 is 0 Å². The Morgan fingerprint density at radius 2 is 1.95 bits per heavy atom. The zero-order chi connectivity index (χ0) is 14.0. The van der Waals surface area contributed by atoms with E-state index in [1.165, 1.54) is 13.2 Å². The van der Waals surface area contributed by atoms with E-state index in [0.717, 1.165) is 10.0 Å². The van der Waals surface area contributed by atoms with E-state index < -0.39 is 11.2 Å². The van der Waals surface area contributed by atoms with Gasteiger partial charge in [0.05, 0.1) is 12.5 Å². The number of halogens is 4. The molecule has 100 valence electrons. The van der Waals surface area contributed by atoms with Crippen LogP contribution in [0, 0.1) is 5.82 Å². The van der Waals surface area contributed by atoms with Gasteiger partial charge < -0.3 is 4.74 Å². The first-order chi connectivity index (χ1) is 9.01. The third-order valence-corrected chi connectivity index (χ3v) is 3.82. The molecule has 0 saturated heterocycles. The summed E-state index contributed by atoms with van der Waals surface area (Å²) in [6, 6.07) is 9.87. The van der Waals surface area contributed by atoms with E-state index in [4.69, 9.17) is 27.9 Å². The molecule has 0 aliphatic rings. The van der Waals surface area contributed by atoms with Gasteiger partial charge in [-0.15, -0.1) is 11.6 Å². The Morgan fingerprint density at radius 1 is 1.21 bits per heavy atom. The van der Waals surface area contributed by atoms with Crippen LogP contribution in [-0.4, -0.2) is 7.11 Å². The molecule has 5 heteroatoms. The SMILES string of the molecule is COc1ccc(C(Cl)c2cc(Cl)cc(Br)c2)c(F)c1. The Kier molecular flexibility index (Phi) is 4.71. The molecule has 19 heavy (non-hydrogen) atoms. The molecule has 0 amide bonds. The smallest absolute Gasteiger partial charge is 0.131 e. The van der Waals surface area contributed by atoms with Crippen LogP contribution in [0.3, 0.4) is 0 Å². The highest BCUT2D eigenvalue weighted by molar-refractivity contribution is 9.10. The fourth-order valence-electron chi connectivity index (χ4n) is 1.74. The van der Waals surface area contributed by atoms with E-state index in [1.807, 2.05) is 6.07 Å². The molecule has 0 aromatic heterocycles. The van der Waals surface area contributed by atoms with Gasteiger partial charge in [0.25, 0.3) is 0 Å². The monoisotopic (exact) mass is 362 g/mol. The van der Waals surface area contributed by atoms with Crippen molar-refractivity contribution in [3.63, 3.8) is 0 Å². The summed E-state index contributed by atoms with van der Waals surface area (Å²) in [5.74, 6) is 0.0489. The Hall–Kier alpha value is -0.770. The summed E-state index contributed by atoms with van der Waals surface area (Å²) in [5, 5.41) is -0.0650. The summed E-state index contributed by atoms with van der Waals surface area (Å²) >= 11 is 15.6. The predicted octanol–water partition coefficient (Wildman–Crippen LogP) is 5.58. The number of benzene rings is 2. The van der Waals surface area contributed by atoms with E-state index in [9.17, 15) is 4.39 Å². The second-order valence-electron chi connectivity index (χ2n) is 3.95. The maximum absolute atomic E-state index is 14.0. The molecule has 0 radical (unpaired) electrons. The lowest BCUT2D eigenvalue weighted by atomic mass is 10.0. The molecule has 2 rings (SSSR count). The van der Waals surface area contributed by atoms with E-state index >= 15 is 0 Å². The predicted molar refractivity (Wildman–Crippen MR) is 79.8 cm³/mol. The van der Waals surface area contributed by atoms with E-state index in [1.54, 1.807) is 24.3 Å². The molecule has 2 aromatic carbocycles. The highest BCUT2D eigenvalue weighted by Gasteiger charge is 2.17. The van der Waals surface area contributed by atoms with Crippen molar-refractivity contribution < 1.29 is 9.13 Å². The van der Waals surface area contributed by atoms with Crippen molar-refractivity contribution in [1.29, 1.82) is 0 Å². The molecule has 0 spiro atoms. The molecule has 0 N–H and O–H groups in total. The van der Waals surface area contributed by atoms with Crippen LogP contribution in [0.2, 0.25) is 5.02 Å². The average Bonchev–Trinajstić information content (AvgIpc) is 2.36. The largest absolute Gasteiger partial charge is 0.497 e. The number of methoxy groups -OCH3 is 1. The first-order valence-electron chi connectivity index (χ1n) is 5.44. The third-order valence-electron chi connectivity index (χ3n) is 2.66. The Balaban J connectivity index is 2.40. The lowest BCUT2D eigenvalue weighted by Crippen LogP contribution is -1.98. The van der Waals surface area contributed by atoms with Gasteiger partial charge in [-0.05, 0) is 29.8 Å². The summed E-state index contributed by atoms with van der Waals surface area (Å²) in [4.78, 5) is 0. The summed E-state index contributed by atoms with van der Waals surface area (Å²) in [6.45, 7) is 0. The van der Waals surface area contributed by atoms with Crippen LogP contribution in [0.4, 0.5) is 4.39 Å². The summed E-state index contributed by atoms with van der Waals surface area (Å²) in [6.07, 6.45) is 0. The maximum Gasteiger partial charge on any atom is 0.131 e. The topological polar surface area (TPSA) is 9.23 Å². The van der Waals surface area contributed by atoms with Crippen LogP contribution in [-0.2, 0) is 0 Å². The molecule has 0 fully saturated rings. The first-order valence-corrected chi connectivity index (χ1v) is 7.05. The lowest BCUT2D eigenvalue weighted by Gasteiger charge is -2.13. The summed E-state index contributed by atoms with van der Waals surface area (Å²) < 4.78 is 19.7. The lowest BCUT2D eigenvalue weighted by molar-refractivity contribution is 0.410. The van der Waals surface area contributed by atoms with Crippen LogP contribution >= 0.6 is 39.1 Å². The van der Waals surface area contributed by atoms with Crippen LogP contribution < -0.4 is 4.74 Å². The van der Waals surface area contributed by atoms with Crippen molar-refractivity contribution in [1.82, 2.24) is 0 Å². The number of alkyl halides is 1. The third kappa shape index (κ3) is 3.41. The highest BCUT2D eigenvalue weighted by atomic mass is 79.9. The Bertz CT molecular complexity index is 584. The molecule has 0 heterocycles. The van der Waals surface area contributed by atoms with Gasteiger partial charge in [0.1, 0.15) is 11.6 Å². The fourth-order valence-corrected chi connectivity index (χ4v) is 2.93. The second kappa shape index (κ2) is 6.12. The van der Waals surface area contributed by atoms with Gasteiger partial charge in [-0.25, -0.2) is 4.39 Å². The summed E-state index contributed by atoms with van der Waals surface area (Å²) in [5.41, 5.74) is 1.11. The molecule has 1 unspecified atom stereocenters. The number of hydrogen-bond acceptors (Lipinski definition) is 1. The quantitative estimate of drug-likeness (QED) is 0.647. The van der Waals surface area contributed by atoms with Crippen molar-refractivity contribution >= 4 is 39.1 Å². The number of rotatable bonds is 3. The van der Waals surface area contributed by atoms with Crippen molar-refractivity contribution in [2.75, 3.05) is 7.11 Å². The minimum absolute atomic E-state index is 0.386. The summed E-state index contributed by atoms with van der Waals surface area (Å²) in [7, 11) is 1.49. The first kappa shape index (κ1) is 14.6. The van der Waals surface area contributed by atoms with Gasteiger partial charge in [-0.3, -0.25) is 0 Å². The van der Waals surface area contributed by atoms with Crippen molar-refractivity contribution in [3.8, 4) is 5.75 Å². The Labute approximate surface area is 129 Å². The number of ether oxygens (including phenoxy) is 1. The van der Waals surface area contributed by atoms with Crippen molar-refractivity contribution in [3.05, 3.63) is 62.8 Å². The standard InChI is InChI=1S/C14H10BrCl2FO/c1-19-11-2-3-12(13(18)7-11)14(17)8-4-9(15)6-10(16)5-8/h2-7,14H,1H3. The van der Waals surface area contributed by atoms with Gasteiger partial charge in [0, 0.05) is 21.1 Å². The zero-order valence-corrected chi connectivity index (χ0v) is 13.1. The van der Waals surface area contributed by atoms with E-state index in [2.05, 4.69) is 15.9 Å². The van der Waals surface area contributed by atoms with Crippen molar-refractivity contribution in [2.45, 2.75) is 5.38 Å². The van der Waals surface area contributed by atoms with E-state index in [-0.39, 0.29) is 0 Å². The Morgan fingerprint density at radius 3 is 2.53 bits per heavy atom. The normalized spacial score (nSPS) is 12.3. The van der Waals surface area contributed by atoms with Gasteiger partial charge in [0.2, 0.25) is 0 Å². The number of hydrogen-bond donors (Lipinski definition) is 0. The van der Waals surface area contributed by atoms with Gasteiger partial charge in [-0.1, -0.05) is 33.6 Å². The fraction of sp³-hybridized carbons (Fsp3) is 0.143. The van der Waals surface area contributed by atoms with Crippen LogP contribution in [0.25, 0.3) is 0 Å². The molecular formula is C14H10BrCl2FO. The van der Waals surface area contributed by atoms with Crippen molar-refractivity contribution in [2.24, 2.45) is 0 Å². The molecule has 1 nitrogen and oxygen atoms in total. The molecular weight excluding hydrogens is 354 g/mol. The second-order valence-corrected chi connectivity index (χ2v) is 5.74. The van der Waals surface area contributed by atoms with Gasteiger partial charge in [-0.2, -0.15) is 0 Å². The average molecular weight is 364 g/mol. The molecule has 2 aromatic rings.